The molecule has 110 valence electrons. The first-order valence-corrected chi connectivity index (χ1v) is 7.86. The molecule has 0 aromatic heterocycles. The summed E-state index contributed by atoms with van der Waals surface area (Å²) in [7, 11) is 1.66. The van der Waals surface area contributed by atoms with Crippen LogP contribution in [0.2, 0.25) is 0 Å². The number of benzene rings is 1. The van der Waals surface area contributed by atoms with Gasteiger partial charge in [-0.3, -0.25) is 4.79 Å². The predicted octanol–water partition coefficient (Wildman–Crippen LogP) is 2.17. The van der Waals surface area contributed by atoms with E-state index in [1.807, 2.05) is 31.2 Å². The van der Waals surface area contributed by atoms with Crippen LogP contribution in [-0.2, 0) is 4.79 Å². The van der Waals surface area contributed by atoms with Crippen LogP contribution >= 0.6 is 11.8 Å². The summed E-state index contributed by atoms with van der Waals surface area (Å²) in [6.07, 6.45) is 3.01. The maximum atomic E-state index is 11.7. The highest BCUT2D eigenvalue weighted by molar-refractivity contribution is 7.99. The van der Waals surface area contributed by atoms with Gasteiger partial charge in [-0.25, -0.2) is 0 Å². The van der Waals surface area contributed by atoms with Gasteiger partial charge in [-0.05, 0) is 44.4 Å². The van der Waals surface area contributed by atoms with Crippen LogP contribution in [0.25, 0.3) is 0 Å². The summed E-state index contributed by atoms with van der Waals surface area (Å²) in [5.41, 5.74) is 4.94. The highest BCUT2D eigenvalue weighted by atomic mass is 32.2. The number of thioether (sulfide) groups is 1. The van der Waals surface area contributed by atoms with Gasteiger partial charge in [0.05, 0.1) is 12.6 Å². The van der Waals surface area contributed by atoms with Crippen LogP contribution in [0.1, 0.15) is 26.2 Å². The molecule has 1 fully saturated rings. The van der Waals surface area contributed by atoms with Gasteiger partial charge in [0.25, 0.3) is 0 Å². The topological polar surface area (TPSA) is 64.3 Å². The molecule has 1 aliphatic rings. The molecule has 1 unspecified atom stereocenters. The molecule has 1 aromatic rings. The maximum Gasteiger partial charge on any atom is 0.237 e. The highest BCUT2D eigenvalue weighted by Crippen LogP contribution is 2.28. The van der Waals surface area contributed by atoms with Crippen molar-refractivity contribution in [3.63, 3.8) is 0 Å². The van der Waals surface area contributed by atoms with Crippen molar-refractivity contribution in [2.24, 2.45) is 5.73 Å². The van der Waals surface area contributed by atoms with Crippen molar-refractivity contribution in [1.29, 1.82) is 0 Å². The van der Waals surface area contributed by atoms with Gasteiger partial charge >= 0.3 is 0 Å². The first kappa shape index (κ1) is 15.2. The molecule has 4 nitrogen and oxygen atoms in total. The number of rotatable bonds is 8. The number of nitrogens with one attached hydrogen (secondary N) is 1. The Hall–Kier alpha value is -1.20. The molecule has 1 amide bonds. The van der Waals surface area contributed by atoms with Crippen molar-refractivity contribution >= 4 is 17.7 Å². The second-order valence-corrected chi connectivity index (χ2v) is 6.56. The van der Waals surface area contributed by atoms with Gasteiger partial charge in [-0.1, -0.05) is 6.07 Å². The Labute approximate surface area is 124 Å². The average Bonchev–Trinajstić information content (AvgIpc) is 3.22. The Morgan fingerprint density at radius 2 is 2.30 bits per heavy atom. The molecule has 0 aliphatic heterocycles. The van der Waals surface area contributed by atoms with Gasteiger partial charge in [-0.2, -0.15) is 0 Å². The van der Waals surface area contributed by atoms with Gasteiger partial charge in [-0.15, -0.1) is 11.8 Å². The van der Waals surface area contributed by atoms with E-state index < -0.39 is 5.54 Å². The third kappa shape index (κ3) is 4.15. The van der Waals surface area contributed by atoms with Crippen molar-refractivity contribution < 1.29 is 9.53 Å². The lowest BCUT2D eigenvalue weighted by molar-refractivity contribution is -0.124. The van der Waals surface area contributed by atoms with E-state index in [9.17, 15) is 4.79 Å². The number of amides is 1. The Balaban J connectivity index is 1.87. The summed E-state index contributed by atoms with van der Waals surface area (Å²) in [5, 5.41) is 3.36. The zero-order valence-corrected chi connectivity index (χ0v) is 12.8. The zero-order valence-electron chi connectivity index (χ0n) is 12.0. The number of ether oxygens (including phenoxy) is 1. The monoisotopic (exact) mass is 294 g/mol. The average molecular weight is 294 g/mol. The standard InChI is InChI=1S/C15H22N2O2S/c1-15(14(16)18,17-11-6-7-11)8-9-20-13-5-3-4-12(10-13)19-2/h3-5,10-11,17H,6-9H2,1-2H3,(H2,16,18). The number of hydrogen-bond donors (Lipinski definition) is 2. The summed E-state index contributed by atoms with van der Waals surface area (Å²) in [6, 6.07) is 8.40. The molecule has 1 saturated carbocycles. The van der Waals surface area contributed by atoms with Gasteiger partial charge in [0.15, 0.2) is 0 Å². The first-order chi connectivity index (χ1) is 9.53. The lowest BCUT2D eigenvalue weighted by Gasteiger charge is -2.27. The van der Waals surface area contributed by atoms with Crippen LogP contribution < -0.4 is 15.8 Å². The van der Waals surface area contributed by atoms with Gasteiger partial charge < -0.3 is 15.8 Å². The number of nitrogens with two attached hydrogens (primary N) is 1. The Kier molecular flexibility index (Phi) is 4.94. The lowest BCUT2D eigenvalue weighted by Crippen LogP contribution is -2.54. The molecular formula is C15H22N2O2S. The second-order valence-electron chi connectivity index (χ2n) is 5.39. The van der Waals surface area contributed by atoms with Gasteiger partial charge in [0.2, 0.25) is 5.91 Å². The minimum atomic E-state index is -0.604. The molecule has 0 heterocycles. The van der Waals surface area contributed by atoms with Crippen LogP contribution in [0.15, 0.2) is 29.2 Å². The molecule has 0 bridgehead atoms. The molecule has 1 aliphatic carbocycles. The van der Waals surface area contributed by atoms with E-state index in [4.69, 9.17) is 10.5 Å². The van der Waals surface area contributed by atoms with E-state index in [0.717, 1.165) is 35.7 Å². The molecule has 20 heavy (non-hydrogen) atoms. The summed E-state index contributed by atoms with van der Waals surface area (Å²) in [5.74, 6) is 1.42. The van der Waals surface area contributed by atoms with Crippen molar-refractivity contribution in [1.82, 2.24) is 5.32 Å². The molecule has 1 aromatic carbocycles. The normalized spacial score (nSPS) is 17.5. The van der Waals surface area contributed by atoms with Gasteiger partial charge in [0, 0.05) is 16.7 Å². The van der Waals surface area contributed by atoms with E-state index in [0.29, 0.717) is 6.04 Å². The quantitative estimate of drug-likeness (QED) is 0.721. The SMILES string of the molecule is COc1cccc(SCCC(C)(NC2CC2)C(N)=O)c1. The molecule has 0 saturated heterocycles. The van der Waals surface area contributed by atoms with Crippen molar-refractivity contribution in [3.05, 3.63) is 24.3 Å². The second kappa shape index (κ2) is 6.50. The number of methoxy groups -OCH3 is 1. The summed E-state index contributed by atoms with van der Waals surface area (Å²) in [4.78, 5) is 12.8. The number of carbonyl (C=O) groups is 1. The number of hydrogen-bond acceptors (Lipinski definition) is 4. The highest BCUT2D eigenvalue weighted by Gasteiger charge is 2.36. The smallest absolute Gasteiger partial charge is 0.237 e. The maximum absolute atomic E-state index is 11.7. The molecule has 1 atom stereocenters. The minimum Gasteiger partial charge on any atom is -0.497 e. The van der Waals surface area contributed by atoms with Crippen molar-refractivity contribution in [3.8, 4) is 5.75 Å². The molecule has 5 heteroatoms. The molecule has 0 radical (unpaired) electrons. The fraction of sp³-hybridized carbons (Fsp3) is 0.533. The number of primary amides is 1. The Bertz CT molecular complexity index is 477. The predicted molar refractivity (Wildman–Crippen MR) is 82.1 cm³/mol. The van der Waals surface area contributed by atoms with Crippen LogP contribution in [0.3, 0.4) is 0 Å². The fourth-order valence-electron chi connectivity index (χ4n) is 2.01. The van der Waals surface area contributed by atoms with Crippen LogP contribution in [0, 0.1) is 0 Å². The van der Waals surface area contributed by atoms with E-state index in [2.05, 4.69) is 5.32 Å². The third-order valence-corrected chi connectivity index (χ3v) is 4.55. The van der Waals surface area contributed by atoms with Gasteiger partial charge in [0.1, 0.15) is 5.75 Å². The molecule has 3 N–H and O–H groups in total. The van der Waals surface area contributed by atoms with E-state index in [-0.39, 0.29) is 5.91 Å². The number of carbonyl (C=O) groups excluding carboxylic acids is 1. The van der Waals surface area contributed by atoms with Crippen LogP contribution in [-0.4, -0.2) is 30.4 Å². The minimum absolute atomic E-state index is 0.268. The largest absolute Gasteiger partial charge is 0.497 e. The van der Waals surface area contributed by atoms with Crippen molar-refractivity contribution in [2.75, 3.05) is 12.9 Å². The Morgan fingerprint density at radius 3 is 2.90 bits per heavy atom. The lowest BCUT2D eigenvalue weighted by atomic mass is 9.98. The third-order valence-electron chi connectivity index (χ3n) is 3.56. The zero-order chi connectivity index (χ0) is 14.6. The first-order valence-electron chi connectivity index (χ1n) is 6.88. The van der Waals surface area contributed by atoms with Crippen molar-refractivity contribution in [2.45, 2.75) is 42.7 Å². The van der Waals surface area contributed by atoms with E-state index >= 15 is 0 Å². The molecule has 0 spiro atoms. The Morgan fingerprint density at radius 1 is 1.55 bits per heavy atom. The van der Waals surface area contributed by atoms with E-state index in [1.165, 1.54) is 0 Å². The van der Waals surface area contributed by atoms with Crippen LogP contribution in [0.4, 0.5) is 0 Å². The summed E-state index contributed by atoms with van der Waals surface area (Å²) < 4.78 is 5.20. The summed E-state index contributed by atoms with van der Waals surface area (Å²) >= 11 is 1.71. The molecular weight excluding hydrogens is 272 g/mol. The fourth-order valence-corrected chi connectivity index (χ4v) is 3.13. The summed E-state index contributed by atoms with van der Waals surface area (Å²) in [6.45, 7) is 1.90. The van der Waals surface area contributed by atoms with Crippen LogP contribution in [0.5, 0.6) is 5.75 Å². The molecule has 2 rings (SSSR count). The van der Waals surface area contributed by atoms with E-state index in [1.54, 1.807) is 18.9 Å².